The Kier molecular flexibility index (Phi) is 7.49. The molecule has 0 spiro atoms. The van der Waals surface area contributed by atoms with Crippen LogP contribution in [0.2, 0.25) is 0 Å². The summed E-state index contributed by atoms with van der Waals surface area (Å²) in [6.45, 7) is 3.20. The molecule has 0 saturated heterocycles. The van der Waals surface area contributed by atoms with E-state index in [1.165, 1.54) is 5.56 Å². The monoisotopic (exact) mass is 373 g/mol. The highest BCUT2D eigenvalue weighted by Gasteiger charge is 2.22. The maximum absolute atomic E-state index is 13.3. The third-order valence-electron chi connectivity index (χ3n) is 4.65. The van der Waals surface area contributed by atoms with E-state index in [-0.39, 0.29) is 18.3 Å². The number of benzene rings is 2. The number of fused-ring (bicyclic) bond motifs is 1. The van der Waals surface area contributed by atoms with Gasteiger partial charge in [-0.2, -0.15) is 0 Å². The van der Waals surface area contributed by atoms with Crippen molar-refractivity contribution >= 4 is 24.0 Å². The molecular weight excluding hydrogens is 346 g/mol. The Labute approximate surface area is 162 Å². The van der Waals surface area contributed by atoms with Crippen molar-refractivity contribution in [3.63, 3.8) is 0 Å². The molecule has 0 aliphatic carbocycles. The van der Waals surface area contributed by atoms with Crippen molar-refractivity contribution in [2.24, 2.45) is 0 Å². The number of amides is 1. The van der Waals surface area contributed by atoms with E-state index in [0.29, 0.717) is 6.54 Å². The van der Waals surface area contributed by atoms with Crippen molar-refractivity contribution < 1.29 is 4.79 Å². The van der Waals surface area contributed by atoms with Gasteiger partial charge in [0.25, 0.3) is 5.91 Å². The van der Waals surface area contributed by atoms with Crippen molar-refractivity contribution in [2.75, 3.05) is 39.0 Å². The number of hydrogen-bond donors (Lipinski definition) is 1. The number of carbonyl (C=O) groups is 1. The molecule has 0 unspecified atom stereocenters. The summed E-state index contributed by atoms with van der Waals surface area (Å²) in [5, 5.41) is 3.42. The molecule has 1 aliphatic heterocycles. The predicted octanol–water partition coefficient (Wildman–Crippen LogP) is 3.67. The Bertz CT molecular complexity index is 718. The summed E-state index contributed by atoms with van der Waals surface area (Å²) in [7, 11) is 4.08. The van der Waals surface area contributed by atoms with Crippen LogP contribution in [0.4, 0.5) is 5.69 Å². The lowest BCUT2D eigenvalue weighted by molar-refractivity contribution is 0.0731. The van der Waals surface area contributed by atoms with Crippen molar-refractivity contribution in [1.29, 1.82) is 0 Å². The van der Waals surface area contributed by atoms with Crippen molar-refractivity contribution in [2.45, 2.75) is 19.4 Å². The minimum absolute atomic E-state index is 0. The standard InChI is InChI=1S/C21H27N3O.ClH/c1-23(2)14-15-24(16-17-8-4-3-5-9-17)21(25)19-10-6-12-20-18(19)11-7-13-22-20;/h3-6,8-10,12,22H,7,11,13-16H2,1-2H3;1H. The summed E-state index contributed by atoms with van der Waals surface area (Å²) in [5.41, 5.74) is 4.29. The minimum Gasteiger partial charge on any atom is -0.385 e. The summed E-state index contributed by atoms with van der Waals surface area (Å²) in [4.78, 5) is 17.4. The van der Waals surface area contributed by atoms with Crippen LogP contribution in [-0.4, -0.2) is 49.4 Å². The highest BCUT2D eigenvalue weighted by atomic mass is 35.5. The SMILES string of the molecule is CN(C)CCN(Cc1ccccc1)C(=O)c1cccc2c1CCCN2.Cl. The van der Waals surface area contributed by atoms with E-state index < -0.39 is 0 Å². The van der Waals surface area contributed by atoms with Gasteiger partial charge in [0.2, 0.25) is 0 Å². The average molecular weight is 374 g/mol. The molecule has 1 heterocycles. The fraction of sp³-hybridized carbons (Fsp3) is 0.381. The summed E-state index contributed by atoms with van der Waals surface area (Å²) < 4.78 is 0. The Hall–Kier alpha value is -2.04. The molecule has 0 bridgehead atoms. The van der Waals surface area contributed by atoms with Gasteiger partial charge in [0, 0.05) is 37.4 Å². The topological polar surface area (TPSA) is 35.6 Å². The van der Waals surface area contributed by atoms with E-state index in [2.05, 4.69) is 28.4 Å². The lowest BCUT2D eigenvalue weighted by atomic mass is 9.96. The molecule has 2 aromatic carbocycles. The Morgan fingerprint density at radius 2 is 1.81 bits per heavy atom. The third-order valence-corrected chi connectivity index (χ3v) is 4.65. The fourth-order valence-electron chi connectivity index (χ4n) is 3.26. The lowest BCUT2D eigenvalue weighted by Gasteiger charge is -2.27. The van der Waals surface area contributed by atoms with Gasteiger partial charge in [-0.05, 0) is 50.2 Å². The van der Waals surface area contributed by atoms with Crippen LogP contribution >= 0.6 is 12.4 Å². The summed E-state index contributed by atoms with van der Waals surface area (Å²) in [5.74, 6) is 0.131. The van der Waals surface area contributed by atoms with Crippen LogP contribution in [-0.2, 0) is 13.0 Å². The number of carbonyl (C=O) groups excluding carboxylic acids is 1. The van der Waals surface area contributed by atoms with Gasteiger partial charge in [-0.1, -0.05) is 36.4 Å². The molecule has 0 saturated carbocycles. The van der Waals surface area contributed by atoms with E-state index in [1.54, 1.807) is 0 Å². The molecule has 140 valence electrons. The van der Waals surface area contributed by atoms with Gasteiger partial charge in [0.05, 0.1) is 0 Å². The van der Waals surface area contributed by atoms with Gasteiger partial charge < -0.3 is 15.1 Å². The van der Waals surface area contributed by atoms with Crippen LogP contribution in [0.25, 0.3) is 0 Å². The molecule has 0 atom stereocenters. The van der Waals surface area contributed by atoms with Gasteiger partial charge in [-0.15, -0.1) is 12.4 Å². The third kappa shape index (κ3) is 4.99. The molecule has 1 N–H and O–H groups in total. The summed E-state index contributed by atoms with van der Waals surface area (Å²) in [6, 6.07) is 16.3. The zero-order valence-corrected chi connectivity index (χ0v) is 16.4. The quantitative estimate of drug-likeness (QED) is 0.839. The van der Waals surface area contributed by atoms with E-state index in [0.717, 1.165) is 49.3 Å². The normalized spacial score (nSPS) is 12.7. The molecule has 2 aromatic rings. The molecule has 4 nitrogen and oxygen atoms in total. The van der Waals surface area contributed by atoms with Crippen LogP contribution in [0.1, 0.15) is 27.9 Å². The van der Waals surface area contributed by atoms with Gasteiger partial charge in [-0.3, -0.25) is 4.79 Å². The van der Waals surface area contributed by atoms with Gasteiger partial charge in [0.15, 0.2) is 0 Å². The number of nitrogens with zero attached hydrogens (tertiary/aromatic N) is 2. The van der Waals surface area contributed by atoms with E-state index in [9.17, 15) is 4.79 Å². The van der Waals surface area contributed by atoms with Crippen LogP contribution in [0.15, 0.2) is 48.5 Å². The first kappa shape index (κ1) is 20.3. The number of rotatable bonds is 6. The number of likely N-dealkylation sites (N-methyl/N-ethyl adjacent to an activating group) is 1. The average Bonchev–Trinajstić information content (AvgIpc) is 2.65. The molecule has 5 heteroatoms. The van der Waals surface area contributed by atoms with Gasteiger partial charge >= 0.3 is 0 Å². The number of hydrogen-bond acceptors (Lipinski definition) is 3. The Morgan fingerprint density at radius 1 is 1.04 bits per heavy atom. The molecule has 0 radical (unpaired) electrons. The molecule has 1 amide bonds. The second kappa shape index (κ2) is 9.60. The first-order valence-electron chi connectivity index (χ1n) is 8.99. The zero-order valence-electron chi connectivity index (χ0n) is 15.6. The zero-order chi connectivity index (χ0) is 17.6. The first-order chi connectivity index (χ1) is 12.1. The molecule has 1 aliphatic rings. The smallest absolute Gasteiger partial charge is 0.254 e. The maximum atomic E-state index is 13.3. The lowest BCUT2D eigenvalue weighted by Crippen LogP contribution is -2.37. The molecule has 3 rings (SSSR count). The number of anilines is 1. The predicted molar refractivity (Wildman–Crippen MR) is 110 cm³/mol. The molecule has 26 heavy (non-hydrogen) atoms. The molecule has 0 aromatic heterocycles. The van der Waals surface area contributed by atoms with E-state index in [1.807, 2.05) is 49.3 Å². The van der Waals surface area contributed by atoms with Crippen molar-refractivity contribution in [3.8, 4) is 0 Å². The van der Waals surface area contributed by atoms with Gasteiger partial charge in [-0.25, -0.2) is 0 Å². The molecular formula is C21H28ClN3O. The Morgan fingerprint density at radius 3 is 2.54 bits per heavy atom. The number of nitrogens with one attached hydrogen (secondary N) is 1. The van der Waals surface area contributed by atoms with Crippen molar-refractivity contribution in [3.05, 3.63) is 65.2 Å². The van der Waals surface area contributed by atoms with Crippen LogP contribution in [0.5, 0.6) is 0 Å². The second-order valence-electron chi connectivity index (χ2n) is 6.88. The molecule has 0 fully saturated rings. The van der Waals surface area contributed by atoms with Crippen LogP contribution in [0.3, 0.4) is 0 Å². The van der Waals surface area contributed by atoms with Crippen LogP contribution in [0, 0.1) is 0 Å². The fourth-order valence-corrected chi connectivity index (χ4v) is 3.26. The Balaban J connectivity index is 0.00000243. The highest BCUT2D eigenvalue weighted by molar-refractivity contribution is 5.97. The van der Waals surface area contributed by atoms with E-state index in [4.69, 9.17) is 0 Å². The van der Waals surface area contributed by atoms with E-state index >= 15 is 0 Å². The van der Waals surface area contributed by atoms with Gasteiger partial charge in [0.1, 0.15) is 0 Å². The second-order valence-corrected chi connectivity index (χ2v) is 6.88. The number of halogens is 1. The highest BCUT2D eigenvalue weighted by Crippen LogP contribution is 2.26. The summed E-state index contributed by atoms with van der Waals surface area (Å²) in [6.07, 6.45) is 2.05. The maximum Gasteiger partial charge on any atom is 0.254 e. The minimum atomic E-state index is 0. The summed E-state index contributed by atoms with van der Waals surface area (Å²) >= 11 is 0. The largest absolute Gasteiger partial charge is 0.385 e. The van der Waals surface area contributed by atoms with Crippen molar-refractivity contribution in [1.82, 2.24) is 9.80 Å². The first-order valence-corrected chi connectivity index (χ1v) is 8.99. The van der Waals surface area contributed by atoms with Crippen LogP contribution < -0.4 is 5.32 Å².